The number of hydrogen-bond donors (Lipinski definition) is 7. The number of pyridine rings is 2. The number of methoxy groups -OCH3 is 3. The number of hydrogen-bond acceptors (Lipinski definition) is 31. The largest absolute Gasteiger partial charge is 0.492 e. The number of rotatable bonds is 35. The van der Waals surface area contributed by atoms with Crippen LogP contribution in [0.5, 0.6) is 17.5 Å². The van der Waals surface area contributed by atoms with Crippen LogP contribution in [-0.2, 0) is 87.0 Å². The molecule has 726 valence electrons. The second kappa shape index (κ2) is 46.6. The number of aromatic nitrogens is 4. The Morgan fingerprint density at radius 1 is 0.571 bits per heavy atom. The van der Waals surface area contributed by atoms with E-state index in [-0.39, 0.29) is 137 Å². The van der Waals surface area contributed by atoms with Crippen LogP contribution in [0.1, 0.15) is 146 Å². The zero-order valence-corrected chi connectivity index (χ0v) is 84.1. The third-order valence-corrected chi connectivity index (χ3v) is 32.4. The van der Waals surface area contributed by atoms with Crippen molar-refractivity contribution in [3.63, 3.8) is 0 Å². The number of alkyl halides is 1. The van der Waals surface area contributed by atoms with Crippen molar-refractivity contribution >= 4 is 148 Å². The minimum Gasteiger partial charge on any atom is -0.492 e. The second-order valence-corrected chi connectivity index (χ2v) is 46.1. The van der Waals surface area contributed by atoms with Gasteiger partial charge in [-0.15, -0.1) is 6.58 Å². The molecular formula is C90H118BBrIN10O25S5-. The third kappa shape index (κ3) is 29.4. The van der Waals surface area contributed by atoms with E-state index < -0.39 is 170 Å². The number of Topliss-reactive ketones (excluding diaryl/α,β-unsaturated/α-hetero) is 1. The third-order valence-electron chi connectivity index (χ3n) is 24.4. The van der Waals surface area contributed by atoms with Crippen LogP contribution in [0.25, 0.3) is 22.3 Å². The van der Waals surface area contributed by atoms with E-state index in [1.807, 2.05) is 102 Å². The fourth-order valence-electron chi connectivity index (χ4n) is 15.9. The number of thiophene rings is 3. The van der Waals surface area contributed by atoms with Crippen LogP contribution in [-0.4, -0.2) is 237 Å². The van der Waals surface area contributed by atoms with Crippen molar-refractivity contribution in [2.24, 2.45) is 72.4 Å². The Balaban J connectivity index is 0.000000202. The minimum absolute atomic E-state index is 0.0266. The first kappa shape index (κ1) is 107. The van der Waals surface area contributed by atoms with Crippen LogP contribution in [0.15, 0.2) is 130 Å². The molecule has 4 saturated carbocycles. The summed E-state index contributed by atoms with van der Waals surface area (Å²) in [4.78, 5) is 161. The van der Waals surface area contributed by atoms with Gasteiger partial charge in [-0.1, -0.05) is 74.5 Å². The average Bonchev–Trinajstić information content (AvgIpc) is 1.57. The van der Waals surface area contributed by atoms with Gasteiger partial charge in [0.2, 0.25) is 33.7 Å². The molecule has 3 saturated heterocycles. The van der Waals surface area contributed by atoms with Crippen molar-refractivity contribution in [1.29, 1.82) is 0 Å². The van der Waals surface area contributed by atoms with Crippen LogP contribution in [0, 0.1) is 68.5 Å². The fourth-order valence-corrected chi connectivity index (χ4v) is 23.0. The zero-order valence-electron chi connectivity index (χ0n) is 76.3. The number of carbonyl (C=O) groups excluding carboxylic acids is 9. The molecule has 0 radical (unpaired) electrons. The van der Waals surface area contributed by atoms with Crippen LogP contribution in [0.4, 0.5) is 0 Å². The second-order valence-electron chi connectivity index (χ2n) is 37.2. The summed E-state index contributed by atoms with van der Waals surface area (Å²) in [5.41, 5.74) is 0.791. The van der Waals surface area contributed by atoms with Gasteiger partial charge >= 0.3 is 155 Å². The molecule has 5 amide bonds. The number of likely N-dealkylation sites (tertiary alicyclic amines) is 3. The van der Waals surface area contributed by atoms with Gasteiger partial charge in [-0.05, 0) is 143 Å². The monoisotopic (exact) mass is 2120 g/mol. The number of sulfonamides is 2. The molecule has 133 heavy (non-hydrogen) atoms. The predicted octanol–water partition coefficient (Wildman–Crippen LogP) is 6.18. The number of allylic oxidation sites excluding steroid dienone is 2. The van der Waals surface area contributed by atoms with Gasteiger partial charge in [0, 0.05) is 78.2 Å². The Morgan fingerprint density at radius 2 is 0.985 bits per heavy atom. The van der Waals surface area contributed by atoms with Gasteiger partial charge in [-0.3, -0.25) is 53.0 Å². The van der Waals surface area contributed by atoms with Crippen LogP contribution in [0.2, 0.25) is 0 Å². The van der Waals surface area contributed by atoms with E-state index in [2.05, 4.69) is 58.5 Å². The Hall–Kier alpha value is -9.22. The molecule has 8 N–H and O–H groups in total. The predicted molar refractivity (Wildman–Crippen MR) is 496 cm³/mol. The van der Waals surface area contributed by atoms with Crippen molar-refractivity contribution < 1.29 is 140 Å². The number of amides is 5. The summed E-state index contributed by atoms with van der Waals surface area (Å²) in [6.45, 7) is 25.1. The first-order valence-corrected chi connectivity index (χ1v) is 52.5. The SMILES string of the molecule is C=CC1C[C@]1(CC(=O)[C@@H]1C[C@@H](Oc2ncc(-c3ccsc3)cn2)CN1C(=O)[C@@H](CC(=O)OC)C(C)(C)C)C(=O)NS(=O)(=O)C1CC1.C=CC1C[C@]1(C[I-]N)C(=O)NS(=O)(=O)C1CC1.COC(=O)C[C@H](C(=O)N1C[C@H](COc2cncc(-c3ccsc3)c2)C[C@H]1C(=O)O)C(C)(C)C.COC(=O)C[C@H](C(=O)N1C[C@H](COc2cncc(Br)c2)C[C@H]1C(=O)O)C(C)(C)C.OB(O)c1ccsc1. The van der Waals surface area contributed by atoms with Crippen molar-refractivity contribution in [1.82, 2.24) is 44.1 Å². The number of ketones is 1. The first-order valence-electron chi connectivity index (χ1n) is 43.1. The minimum atomic E-state index is -3.83. The maximum atomic E-state index is 14.1. The van der Waals surface area contributed by atoms with Crippen molar-refractivity contribution in [2.45, 2.75) is 181 Å². The molecule has 4 aliphatic carbocycles. The van der Waals surface area contributed by atoms with E-state index >= 15 is 0 Å². The molecule has 7 aliphatic rings. The van der Waals surface area contributed by atoms with Crippen molar-refractivity contribution in [3.8, 4) is 39.8 Å². The van der Waals surface area contributed by atoms with Crippen molar-refractivity contribution in [2.75, 3.05) is 58.6 Å². The maximum absolute atomic E-state index is 14.1. The number of nitrogens with zero attached hydrogens (tertiary/aromatic N) is 7. The number of esters is 3. The van der Waals surface area contributed by atoms with Crippen LogP contribution in [0.3, 0.4) is 0 Å². The van der Waals surface area contributed by atoms with E-state index in [1.54, 1.807) is 94.9 Å². The normalized spacial score (nSPS) is 22.5. The Morgan fingerprint density at radius 3 is 1.35 bits per heavy atom. The van der Waals surface area contributed by atoms with E-state index in [4.69, 9.17) is 42.4 Å². The van der Waals surface area contributed by atoms with Gasteiger partial charge in [0.25, 0.3) is 0 Å². The van der Waals surface area contributed by atoms with Gasteiger partial charge in [-0.2, -0.15) is 34.0 Å². The standard InChI is InChI=1S/C32H40N4O8S2.C24H30N2O6S.C20H27BrN2O6.C10H16IN2O3S.C4H5BO2S/c1-6-21-13-32(21,29(40)35-46(41,42)23-7-8-23)14-26(37)25-11-22(44-30-33-15-20(16-34-30)19-9-10-45-18-19)17-36(25)28(39)24(31(2,3)4)12-27(38)43-5;1-24(2,3)19(9-21(27)31-4)22(28)26-12-15(7-20(26)23(29)30)13-32-18-8-17(10-25-11-18)16-5-6-33-14-16;1-20(2,3)15(7-17(24)28-4)18(25)23-10-12(5-16(23)19(26)27)11-29-14-6-13(21)8-22-9-14;1-2-7-5-10(7,6-11-12)9(14)13-17(15,16)8-3-4-8;6-5(7)4-1-2-8-3-4/h6,9-10,15-16,18,21-25H,1,7-8,11-14,17H2,2-5H3,(H,35,40);5-6,8,10-11,14-15,19-20H,7,9,12-13H2,1-4H3,(H,29,30);6,8-9,12,15-16H,5,7,10-11H2,1-4H3,(H,26,27);2,7-8H,1,3-6,12H2,(H,13,14);1-3,6-7H/q;;;-1;/t21?,22-,24-,25+,32-;15-,19-,20+;12-,15-,16+;7?,10-;/m1111./s1. The molecule has 0 bridgehead atoms. The smallest absolute Gasteiger partial charge is 0.489 e. The summed E-state index contributed by atoms with van der Waals surface area (Å²) < 4.78 is 92.1. The number of halogens is 2. The number of nitrogens with two attached hydrogens (primary N) is 1. The Bertz CT molecular complexity index is 5330. The molecule has 35 nitrogen and oxygen atoms in total. The van der Waals surface area contributed by atoms with Crippen molar-refractivity contribution in [3.05, 3.63) is 130 Å². The summed E-state index contributed by atoms with van der Waals surface area (Å²) in [6.07, 6.45) is 15.8. The Kier molecular flexibility index (Phi) is 37.6. The van der Waals surface area contributed by atoms with Crippen LogP contribution >= 0.6 is 49.9 Å². The first-order chi connectivity index (χ1) is 62.6. The molecule has 3 aliphatic heterocycles. The van der Waals surface area contributed by atoms with E-state index in [9.17, 15) is 79.8 Å². The molecule has 13 atom stereocenters. The summed E-state index contributed by atoms with van der Waals surface area (Å²) in [7, 11) is -4.78. The molecule has 0 spiro atoms. The summed E-state index contributed by atoms with van der Waals surface area (Å²) in [5.74, 6) is -7.87. The van der Waals surface area contributed by atoms with E-state index in [0.29, 0.717) is 53.5 Å². The fraction of sp³-hybridized carbons (Fsp3) is 0.544. The van der Waals surface area contributed by atoms with E-state index in [1.165, 1.54) is 47.4 Å². The molecule has 13 rings (SSSR count). The molecule has 2 unspecified atom stereocenters. The zero-order chi connectivity index (χ0) is 98.0. The molecular weight excluding hydrogens is 2000 g/mol. The number of carbonyl (C=O) groups is 11. The van der Waals surface area contributed by atoms with Gasteiger partial charge < -0.3 is 63.4 Å². The number of aliphatic carboxylic acids is 2. The molecule has 7 fully saturated rings. The Labute approximate surface area is 806 Å². The average molecular weight is 2120 g/mol. The summed E-state index contributed by atoms with van der Waals surface area (Å²) in [6, 6.07) is 6.49. The van der Waals surface area contributed by atoms with Gasteiger partial charge in [0.15, 0.2) is 5.78 Å². The van der Waals surface area contributed by atoms with Gasteiger partial charge in [0.1, 0.15) is 29.7 Å². The van der Waals surface area contributed by atoms with Crippen LogP contribution < -0.4 is 54.5 Å². The number of ether oxygens (including phenoxy) is 6. The molecule has 0 aromatic carbocycles. The maximum Gasteiger partial charge on any atom is 0.489 e. The van der Waals surface area contributed by atoms with Gasteiger partial charge in [-0.25, -0.2) is 28.0 Å². The molecule has 6 aromatic rings. The molecule has 43 heteroatoms. The summed E-state index contributed by atoms with van der Waals surface area (Å²) >= 11 is 7.39. The molecule has 6 aromatic heterocycles. The number of carboxylic acids is 2. The van der Waals surface area contributed by atoms with E-state index in [0.717, 1.165) is 26.7 Å². The number of nitrogens with one attached hydrogen (secondary N) is 2. The topological polar surface area (TPSA) is 504 Å². The van der Waals surface area contributed by atoms with Gasteiger partial charge in [0.05, 0.1) is 107 Å². The molecule has 9 heterocycles. The quantitative estimate of drug-likeness (QED) is 0.00444. The summed E-state index contributed by atoms with van der Waals surface area (Å²) in [5, 5.41) is 46.8. The number of carboxylic acid groups (broad SMARTS) is 2.